The summed E-state index contributed by atoms with van der Waals surface area (Å²) in [4.78, 5) is 16.9. The van der Waals surface area contributed by atoms with Gasteiger partial charge in [0.1, 0.15) is 11.5 Å². The number of aromatic nitrogens is 1. The maximum Gasteiger partial charge on any atom is 0.343 e. The topological polar surface area (TPSA) is 112 Å². The van der Waals surface area contributed by atoms with E-state index in [1.807, 2.05) is 79.7 Å². The fourth-order valence-electron chi connectivity index (χ4n) is 5.57. The van der Waals surface area contributed by atoms with Gasteiger partial charge in [-0.3, -0.25) is 0 Å². The average molecular weight is 579 g/mol. The second-order valence-electron chi connectivity index (χ2n) is 10.5. The highest BCUT2D eigenvalue weighted by Gasteiger charge is 2.29. The lowest BCUT2D eigenvalue weighted by atomic mass is 9.85. The molecule has 7 nitrogen and oxygen atoms in total. The van der Waals surface area contributed by atoms with Gasteiger partial charge in [0.05, 0.1) is 16.4 Å². The molecule has 1 atom stereocenters. The van der Waals surface area contributed by atoms with E-state index in [0.29, 0.717) is 17.9 Å². The molecule has 2 aromatic heterocycles. The Bertz CT molecular complexity index is 2090. The lowest BCUT2D eigenvalue weighted by molar-refractivity contribution is 0.420. The van der Waals surface area contributed by atoms with Gasteiger partial charge in [-0.05, 0) is 60.4 Å². The highest BCUT2D eigenvalue weighted by atomic mass is 32.2. The molecule has 42 heavy (non-hydrogen) atoms. The zero-order valence-corrected chi connectivity index (χ0v) is 24.0. The van der Waals surface area contributed by atoms with Crippen LogP contribution in [-0.2, 0) is 16.4 Å². The molecule has 0 saturated carbocycles. The summed E-state index contributed by atoms with van der Waals surface area (Å²) >= 11 is 0. The fraction of sp³-hybridized carbons (Fsp3) is 0.147. The molecule has 6 aromatic rings. The Morgan fingerprint density at radius 3 is 2.36 bits per heavy atom. The molecule has 0 aliphatic carbocycles. The molecular weight excluding hydrogens is 548 g/mol. The number of fused-ring (bicyclic) bond motifs is 2. The normalized spacial score (nSPS) is 12.6. The number of aryl methyl sites for hydroxylation is 2. The molecule has 8 heteroatoms. The molecule has 212 valence electrons. The maximum atomic E-state index is 13.3. The van der Waals surface area contributed by atoms with Crippen molar-refractivity contribution in [3.8, 4) is 5.75 Å². The van der Waals surface area contributed by atoms with Gasteiger partial charge in [-0.25, -0.2) is 17.9 Å². The maximum absolute atomic E-state index is 13.3. The zero-order chi connectivity index (χ0) is 29.4. The second-order valence-corrected chi connectivity index (χ2v) is 12.3. The first-order valence-corrected chi connectivity index (χ1v) is 15.2. The van der Waals surface area contributed by atoms with Crippen LogP contribution in [0.1, 0.15) is 39.6 Å². The van der Waals surface area contributed by atoms with E-state index in [1.165, 1.54) is 6.07 Å². The van der Waals surface area contributed by atoms with Crippen LogP contribution < -0.4 is 10.3 Å². The molecule has 0 aliphatic heterocycles. The van der Waals surface area contributed by atoms with E-state index in [1.54, 1.807) is 25.1 Å². The van der Waals surface area contributed by atoms with Gasteiger partial charge in [-0.1, -0.05) is 78.4 Å². The van der Waals surface area contributed by atoms with Crippen molar-refractivity contribution in [2.24, 2.45) is 0 Å². The molecule has 0 radical (unpaired) electrons. The lowest BCUT2D eigenvalue weighted by Gasteiger charge is -2.20. The molecule has 0 spiro atoms. The van der Waals surface area contributed by atoms with Gasteiger partial charge in [0, 0.05) is 29.2 Å². The third kappa shape index (κ3) is 5.22. The summed E-state index contributed by atoms with van der Waals surface area (Å²) in [5.74, 6) is -0.526. The van der Waals surface area contributed by atoms with Gasteiger partial charge in [0.15, 0.2) is 0 Å². The number of para-hydroxylation sites is 1. The molecule has 1 unspecified atom stereocenters. The third-order valence-electron chi connectivity index (χ3n) is 7.62. The van der Waals surface area contributed by atoms with Crippen molar-refractivity contribution in [3.63, 3.8) is 0 Å². The number of hydrogen-bond donors (Lipinski definition) is 3. The lowest BCUT2D eigenvalue weighted by Crippen LogP contribution is -2.26. The molecule has 6 rings (SSSR count). The van der Waals surface area contributed by atoms with Crippen molar-refractivity contribution < 1.29 is 17.9 Å². The average Bonchev–Trinajstić information content (AvgIpc) is 3.33. The monoisotopic (exact) mass is 578 g/mol. The van der Waals surface area contributed by atoms with Gasteiger partial charge in [0.2, 0.25) is 10.0 Å². The van der Waals surface area contributed by atoms with Gasteiger partial charge in [0.25, 0.3) is 0 Å². The number of sulfonamides is 1. The number of nitrogens with one attached hydrogen (secondary N) is 2. The van der Waals surface area contributed by atoms with E-state index in [0.717, 1.165) is 38.4 Å². The van der Waals surface area contributed by atoms with Crippen LogP contribution in [0.25, 0.3) is 21.7 Å². The van der Waals surface area contributed by atoms with Gasteiger partial charge in [-0.2, -0.15) is 0 Å². The molecule has 2 heterocycles. The number of aromatic amines is 1. The van der Waals surface area contributed by atoms with E-state index >= 15 is 0 Å². The number of aromatic hydroxyl groups is 1. The summed E-state index contributed by atoms with van der Waals surface area (Å²) in [5.41, 5.74) is 3.71. The Morgan fingerprint density at radius 1 is 0.881 bits per heavy atom. The minimum absolute atomic E-state index is 0.119. The molecule has 0 saturated heterocycles. The second kappa shape index (κ2) is 11.0. The summed E-state index contributed by atoms with van der Waals surface area (Å²) in [6.07, 6.45) is 0.340. The van der Waals surface area contributed by atoms with Crippen molar-refractivity contribution >= 4 is 31.7 Å². The molecule has 3 N–H and O–H groups in total. The first kappa shape index (κ1) is 27.5. The highest BCUT2D eigenvalue weighted by Crippen LogP contribution is 2.39. The Hall–Kier alpha value is -4.66. The van der Waals surface area contributed by atoms with Crippen LogP contribution in [0, 0.1) is 13.8 Å². The smallest absolute Gasteiger partial charge is 0.343 e. The highest BCUT2D eigenvalue weighted by molar-refractivity contribution is 7.89. The molecule has 0 fully saturated rings. The molecule has 0 aliphatic rings. The van der Waals surface area contributed by atoms with Crippen LogP contribution in [0.15, 0.2) is 111 Å². The van der Waals surface area contributed by atoms with E-state index in [-0.39, 0.29) is 22.8 Å². The van der Waals surface area contributed by atoms with E-state index in [4.69, 9.17) is 4.42 Å². The number of benzene rings is 4. The van der Waals surface area contributed by atoms with Crippen molar-refractivity contribution in [3.05, 3.63) is 141 Å². The minimum Gasteiger partial charge on any atom is -0.507 e. The summed E-state index contributed by atoms with van der Waals surface area (Å²) in [6.45, 7) is 3.72. The van der Waals surface area contributed by atoms with Crippen LogP contribution in [-0.4, -0.2) is 25.1 Å². The fourth-order valence-corrected chi connectivity index (χ4v) is 6.64. The first-order chi connectivity index (χ1) is 20.2. The third-order valence-corrected chi connectivity index (χ3v) is 9.08. The Balaban J connectivity index is 1.41. The SMILES string of the molecule is Cc1ccc(C(c2[nH]c3ccccc3c2CCNS(=O)(=O)c2ccc3ccccc3c2)c2c(O)cc(C)oc2=O)cc1. The van der Waals surface area contributed by atoms with Crippen LogP contribution in [0.5, 0.6) is 5.75 Å². The minimum atomic E-state index is -3.78. The number of hydrogen-bond acceptors (Lipinski definition) is 5. The predicted molar refractivity (Wildman–Crippen MR) is 165 cm³/mol. The van der Waals surface area contributed by atoms with Crippen molar-refractivity contribution in [1.29, 1.82) is 0 Å². The van der Waals surface area contributed by atoms with E-state index < -0.39 is 21.6 Å². The van der Waals surface area contributed by atoms with Gasteiger partial charge < -0.3 is 14.5 Å². The van der Waals surface area contributed by atoms with Gasteiger partial charge in [-0.15, -0.1) is 0 Å². The van der Waals surface area contributed by atoms with Crippen LogP contribution in [0.2, 0.25) is 0 Å². The Kier molecular flexibility index (Phi) is 7.18. The van der Waals surface area contributed by atoms with Crippen molar-refractivity contribution in [1.82, 2.24) is 9.71 Å². The predicted octanol–water partition coefficient (Wildman–Crippen LogP) is 6.30. The first-order valence-electron chi connectivity index (χ1n) is 13.7. The Labute approximate surface area is 243 Å². The number of H-pyrrole nitrogens is 1. The number of rotatable bonds is 8. The Morgan fingerprint density at radius 2 is 1.60 bits per heavy atom. The van der Waals surface area contributed by atoms with E-state index in [9.17, 15) is 18.3 Å². The molecular formula is C34H30N2O5S. The summed E-state index contributed by atoms with van der Waals surface area (Å²) in [7, 11) is -3.78. The van der Waals surface area contributed by atoms with Crippen molar-refractivity contribution in [2.75, 3.05) is 6.54 Å². The summed E-state index contributed by atoms with van der Waals surface area (Å²) in [5, 5.41) is 13.7. The van der Waals surface area contributed by atoms with Crippen LogP contribution in [0.4, 0.5) is 0 Å². The molecule has 4 aromatic carbocycles. The van der Waals surface area contributed by atoms with Crippen LogP contribution >= 0.6 is 0 Å². The van der Waals surface area contributed by atoms with Crippen molar-refractivity contribution in [2.45, 2.75) is 31.1 Å². The standard InChI is InChI=1S/C34H30N2O5S/c1-21-11-13-24(14-12-21)31(32-30(37)19-22(2)41-34(32)38)33-28(27-9-5-6-10-29(27)36-33)17-18-35-42(39,40)26-16-15-23-7-3-4-8-25(23)20-26/h3-16,19-20,31,35-37H,17-18H2,1-2H3. The van der Waals surface area contributed by atoms with Gasteiger partial charge >= 0.3 is 5.63 Å². The molecule has 0 amide bonds. The largest absolute Gasteiger partial charge is 0.507 e. The van der Waals surface area contributed by atoms with E-state index in [2.05, 4.69) is 9.71 Å². The zero-order valence-electron chi connectivity index (χ0n) is 23.2. The summed E-state index contributed by atoms with van der Waals surface area (Å²) < 4.78 is 34.7. The molecule has 0 bridgehead atoms. The summed E-state index contributed by atoms with van der Waals surface area (Å²) in [6, 6.07) is 29.6. The quantitative estimate of drug-likeness (QED) is 0.196. The van der Waals surface area contributed by atoms with Crippen LogP contribution in [0.3, 0.4) is 0 Å².